The van der Waals surface area contributed by atoms with Gasteiger partial charge in [-0.2, -0.15) is 0 Å². The first kappa shape index (κ1) is 31.5. The van der Waals surface area contributed by atoms with Crippen molar-refractivity contribution < 1.29 is 33.3 Å². The van der Waals surface area contributed by atoms with Crippen molar-refractivity contribution >= 4 is 41.0 Å². The van der Waals surface area contributed by atoms with E-state index in [1.54, 1.807) is 25.3 Å². The molecule has 2 aromatic rings. The van der Waals surface area contributed by atoms with Crippen LogP contribution in [0.4, 0.5) is 4.39 Å². The maximum absolute atomic E-state index is 12.4. The predicted molar refractivity (Wildman–Crippen MR) is 143 cm³/mol. The minimum absolute atomic E-state index is 0.0627. The van der Waals surface area contributed by atoms with Crippen molar-refractivity contribution in [3.8, 4) is 0 Å². The number of aliphatic hydroxyl groups is 1. The number of thiazole rings is 1. The first-order valence-corrected chi connectivity index (χ1v) is 13.1. The highest BCUT2D eigenvalue weighted by molar-refractivity contribution is 7.11. The Labute approximate surface area is 230 Å². The van der Waals surface area contributed by atoms with E-state index in [9.17, 15) is 14.0 Å². The van der Waals surface area contributed by atoms with E-state index in [1.165, 1.54) is 23.5 Å². The molecule has 2 aliphatic heterocycles. The van der Waals surface area contributed by atoms with Crippen LogP contribution < -0.4 is 5.32 Å². The SMILES string of the molecule is CCOC(=O)C1=C(CN2CCOC(COCC=O)C2)NC(c2nccs2)=NC1.CO.Fc1cccc(Cl)c1. The van der Waals surface area contributed by atoms with Crippen LogP contribution in [0.15, 0.2) is 52.1 Å². The topological polar surface area (TPSA) is 123 Å². The van der Waals surface area contributed by atoms with E-state index < -0.39 is 0 Å². The third-order valence-electron chi connectivity index (χ3n) is 5.07. The van der Waals surface area contributed by atoms with Crippen molar-refractivity contribution in [3.63, 3.8) is 0 Å². The number of halogens is 2. The van der Waals surface area contributed by atoms with E-state index >= 15 is 0 Å². The third-order valence-corrected chi connectivity index (χ3v) is 6.08. The zero-order valence-corrected chi connectivity index (χ0v) is 22.8. The maximum Gasteiger partial charge on any atom is 0.337 e. The number of ether oxygens (including phenoxy) is 3. The number of hydrogen-bond acceptors (Lipinski definition) is 11. The van der Waals surface area contributed by atoms with E-state index in [4.69, 9.17) is 30.9 Å². The number of nitrogens with one attached hydrogen (secondary N) is 1. The summed E-state index contributed by atoms with van der Waals surface area (Å²) >= 11 is 6.89. The van der Waals surface area contributed by atoms with Gasteiger partial charge in [0.25, 0.3) is 0 Å². The van der Waals surface area contributed by atoms with Crippen LogP contribution in [-0.2, 0) is 23.8 Å². The first-order valence-electron chi connectivity index (χ1n) is 11.8. The molecule has 1 atom stereocenters. The Hall–Kier alpha value is -2.74. The van der Waals surface area contributed by atoms with E-state index in [0.29, 0.717) is 49.3 Å². The lowest BCUT2D eigenvalue weighted by Gasteiger charge is -2.34. The lowest BCUT2D eigenvalue weighted by Crippen LogP contribution is -2.47. The molecule has 1 saturated heterocycles. The molecule has 0 bridgehead atoms. The number of aldehydes is 1. The lowest BCUT2D eigenvalue weighted by molar-refractivity contribution is -0.138. The summed E-state index contributed by atoms with van der Waals surface area (Å²) in [5.74, 6) is 0.0146. The van der Waals surface area contributed by atoms with Gasteiger partial charge in [0.1, 0.15) is 18.7 Å². The van der Waals surface area contributed by atoms with Crippen LogP contribution in [0.2, 0.25) is 5.02 Å². The van der Waals surface area contributed by atoms with Gasteiger partial charge in [0.05, 0.1) is 38.0 Å². The number of aliphatic imine (C=N–C) groups is 1. The van der Waals surface area contributed by atoms with Crippen molar-refractivity contribution in [1.29, 1.82) is 0 Å². The van der Waals surface area contributed by atoms with Gasteiger partial charge in [0, 0.05) is 49.0 Å². The smallest absolute Gasteiger partial charge is 0.337 e. The molecule has 0 saturated carbocycles. The number of esters is 1. The Morgan fingerprint density at radius 2 is 2.24 bits per heavy atom. The summed E-state index contributed by atoms with van der Waals surface area (Å²) in [7, 11) is 1.00. The standard InChI is InChI=1S/C18H24N4O5S.C6H4ClF.CH4O/c1-2-26-18(24)14-9-20-16(17-19-3-8-28-17)21-15(14)11-22-4-6-27-13(10-22)12-25-7-5-23;7-5-2-1-3-6(8)4-5;1-2/h3,5,8,13H,2,4,6-7,9-12H2,1H3,(H,20,21);1-4H;2H,1H3. The minimum atomic E-state index is -0.355. The summed E-state index contributed by atoms with van der Waals surface area (Å²) in [6, 6.07) is 5.82. The zero-order chi connectivity index (χ0) is 27.8. The van der Waals surface area contributed by atoms with Crippen molar-refractivity contribution in [2.24, 2.45) is 4.99 Å². The normalized spacial score (nSPS) is 17.2. The number of hydrogen-bond donors (Lipinski definition) is 2. The van der Waals surface area contributed by atoms with Crippen LogP contribution in [-0.4, -0.2) is 98.9 Å². The van der Waals surface area contributed by atoms with Crippen molar-refractivity contribution in [3.05, 3.63) is 63.0 Å². The van der Waals surface area contributed by atoms with Crippen LogP contribution in [0.3, 0.4) is 0 Å². The van der Waals surface area contributed by atoms with E-state index in [1.807, 2.05) is 5.38 Å². The van der Waals surface area contributed by atoms with Crippen molar-refractivity contribution in [1.82, 2.24) is 15.2 Å². The molecular weight excluding hydrogens is 539 g/mol. The monoisotopic (exact) mass is 570 g/mol. The first-order chi connectivity index (χ1) is 18.5. The predicted octanol–water partition coefficient (Wildman–Crippen LogP) is 2.31. The molecule has 208 valence electrons. The molecule has 1 unspecified atom stereocenters. The van der Waals surface area contributed by atoms with Gasteiger partial charge in [0.2, 0.25) is 0 Å². The third kappa shape index (κ3) is 10.6. The Bertz CT molecular complexity index is 1050. The number of rotatable bonds is 9. The summed E-state index contributed by atoms with van der Waals surface area (Å²) in [5, 5.41) is 13.4. The number of aliphatic hydroxyl groups excluding tert-OH is 1. The molecule has 2 aliphatic rings. The molecule has 0 radical (unpaired) electrons. The number of carbonyl (C=O) groups is 2. The van der Waals surface area contributed by atoms with Crippen LogP contribution in [0.25, 0.3) is 0 Å². The molecule has 38 heavy (non-hydrogen) atoms. The van der Waals surface area contributed by atoms with Gasteiger partial charge in [-0.3, -0.25) is 9.89 Å². The summed E-state index contributed by atoms with van der Waals surface area (Å²) in [5.41, 5.74) is 1.30. The number of amidine groups is 1. The molecule has 1 aromatic heterocycles. The Morgan fingerprint density at radius 1 is 1.42 bits per heavy atom. The maximum atomic E-state index is 12.4. The largest absolute Gasteiger partial charge is 0.463 e. The van der Waals surface area contributed by atoms with Crippen LogP contribution in [0, 0.1) is 5.82 Å². The molecule has 1 aromatic carbocycles. The Morgan fingerprint density at radius 3 is 2.87 bits per heavy atom. The van der Waals surface area contributed by atoms with Gasteiger partial charge < -0.3 is 29.4 Å². The average molecular weight is 571 g/mol. The number of benzene rings is 1. The van der Waals surface area contributed by atoms with Crippen LogP contribution >= 0.6 is 22.9 Å². The second-order valence-electron chi connectivity index (χ2n) is 7.68. The van der Waals surface area contributed by atoms with Gasteiger partial charge in [-0.1, -0.05) is 17.7 Å². The zero-order valence-electron chi connectivity index (χ0n) is 21.3. The molecule has 4 rings (SSSR count). The fourth-order valence-corrected chi connectivity index (χ4v) is 4.25. The molecule has 13 heteroatoms. The Kier molecular flexibility index (Phi) is 14.7. The van der Waals surface area contributed by atoms with Gasteiger partial charge in [-0.15, -0.1) is 11.3 Å². The van der Waals surface area contributed by atoms with Gasteiger partial charge in [-0.25, -0.2) is 14.2 Å². The Balaban J connectivity index is 0.000000428. The van der Waals surface area contributed by atoms with Gasteiger partial charge >= 0.3 is 5.97 Å². The average Bonchev–Trinajstić information content (AvgIpc) is 3.46. The van der Waals surface area contributed by atoms with Gasteiger partial charge in [-0.05, 0) is 25.1 Å². The summed E-state index contributed by atoms with van der Waals surface area (Å²) < 4.78 is 28.2. The fraction of sp³-hybridized carbons (Fsp3) is 0.440. The molecule has 0 aliphatic carbocycles. The molecule has 2 N–H and O–H groups in total. The van der Waals surface area contributed by atoms with E-state index in [-0.39, 0.29) is 31.0 Å². The fourth-order valence-electron chi connectivity index (χ4n) is 3.47. The molecule has 0 spiro atoms. The number of aromatic nitrogens is 1. The van der Waals surface area contributed by atoms with E-state index in [0.717, 1.165) is 30.6 Å². The number of nitrogens with zero attached hydrogens (tertiary/aromatic N) is 3. The molecular formula is C25H32ClFN4O6S. The van der Waals surface area contributed by atoms with Crippen molar-refractivity contribution in [2.75, 3.05) is 59.7 Å². The van der Waals surface area contributed by atoms with Gasteiger partial charge in [0.15, 0.2) is 10.8 Å². The minimum Gasteiger partial charge on any atom is -0.463 e. The molecule has 0 amide bonds. The summed E-state index contributed by atoms with van der Waals surface area (Å²) in [6.45, 7) is 5.24. The molecule has 1 fully saturated rings. The second kappa shape index (κ2) is 17.7. The molecule has 3 heterocycles. The lowest BCUT2D eigenvalue weighted by atomic mass is 10.1. The van der Waals surface area contributed by atoms with Crippen LogP contribution in [0.5, 0.6) is 0 Å². The highest BCUT2D eigenvalue weighted by Gasteiger charge is 2.27. The van der Waals surface area contributed by atoms with Crippen LogP contribution in [0.1, 0.15) is 11.9 Å². The summed E-state index contributed by atoms with van der Waals surface area (Å²) in [6.07, 6.45) is 2.33. The number of carbonyl (C=O) groups excluding carboxylic acids is 2. The quantitative estimate of drug-likeness (QED) is 0.266. The summed E-state index contributed by atoms with van der Waals surface area (Å²) in [4.78, 5) is 33.7. The second-order valence-corrected chi connectivity index (χ2v) is 9.01. The number of morpholine rings is 1. The highest BCUT2D eigenvalue weighted by Crippen LogP contribution is 2.17. The highest BCUT2D eigenvalue weighted by atomic mass is 35.5. The molecule has 10 nitrogen and oxygen atoms in total. The van der Waals surface area contributed by atoms with Crippen molar-refractivity contribution in [2.45, 2.75) is 13.0 Å². The van der Waals surface area contributed by atoms with E-state index in [2.05, 4.69) is 20.2 Å².